The van der Waals surface area contributed by atoms with Crippen LogP contribution in [-0.2, 0) is 42.9 Å². The van der Waals surface area contributed by atoms with E-state index in [1.54, 1.807) is 0 Å². The zero-order valence-corrected chi connectivity index (χ0v) is 38.9. The first-order valence-electron chi connectivity index (χ1n) is 23.5. The number of rotatable bonds is 13. The van der Waals surface area contributed by atoms with Crippen LogP contribution in [0.3, 0.4) is 0 Å². The number of aliphatic hydroxyl groups is 5. The molecule has 66 heavy (non-hydrogen) atoms. The van der Waals surface area contributed by atoms with E-state index >= 15 is 4.79 Å². The van der Waals surface area contributed by atoms with Crippen molar-refractivity contribution in [1.29, 1.82) is 0 Å². The molecule has 2 heterocycles. The molecule has 19 heteroatoms. The third-order valence-electron chi connectivity index (χ3n) is 18.5. The number of carbonyl (C=O) groups is 5. The van der Waals surface area contributed by atoms with Crippen molar-refractivity contribution in [3.05, 3.63) is 11.6 Å². The standard InChI is InChI=1S/C47H71NO18/c1-42(2)25-10-13-47(7)36(24(49)18-21-22-19-43(3,14-15-44(22,4)16-17-46(21,47)6)20-48-23(37(57)58)8-9-27(50)51)45(25,5)12-11-26(42)63-41-35(31(55)30(54)34(65-41)39(61)62)66-40-32(56)28(52)29(53)33(64-40)38(59)60/h18,22-23,25-26,28-36,40-41,48,52-56H,8-17,19-20H2,1-7H3,(H,50,51)(H,57,58)(H,59,60)(H,61,62)/t22-,23-,25-,26-,28-,29-,30-,31-,32+,33-,34-,35+,36+,40-,41+,43-,44+,45-,46+,47+/m0/s1. The lowest BCUT2D eigenvalue weighted by molar-refractivity contribution is -0.371. The van der Waals surface area contributed by atoms with Gasteiger partial charge < -0.3 is 70.2 Å². The Morgan fingerprint density at radius 3 is 1.95 bits per heavy atom. The van der Waals surface area contributed by atoms with Gasteiger partial charge in [0.15, 0.2) is 30.6 Å². The molecule has 10 N–H and O–H groups in total. The number of nitrogens with one attached hydrogen (secondary N) is 1. The number of carboxylic acid groups (broad SMARTS) is 4. The molecule has 4 saturated carbocycles. The number of ketones is 1. The molecule has 0 amide bonds. The third-order valence-corrected chi connectivity index (χ3v) is 18.5. The van der Waals surface area contributed by atoms with E-state index in [9.17, 15) is 65.1 Å². The first-order valence-corrected chi connectivity index (χ1v) is 23.5. The van der Waals surface area contributed by atoms with Crippen molar-refractivity contribution in [2.24, 2.45) is 50.2 Å². The van der Waals surface area contributed by atoms with Crippen LogP contribution in [0.15, 0.2) is 11.6 Å². The zero-order chi connectivity index (χ0) is 48.9. The molecular weight excluding hydrogens is 867 g/mol. The fourth-order valence-electron chi connectivity index (χ4n) is 14.4. The first kappa shape index (κ1) is 50.8. The largest absolute Gasteiger partial charge is 0.481 e. The van der Waals surface area contributed by atoms with Crippen LogP contribution in [0.5, 0.6) is 0 Å². The number of allylic oxidation sites excluding steroid dienone is 2. The molecule has 0 aromatic rings. The molecule has 7 aliphatic rings. The van der Waals surface area contributed by atoms with E-state index in [2.05, 4.69) is 39.9 Å². The second kappa shape index (κ2) is 17.7. The van der Waals surface area contributed by atoms with E-state index in [0.29, 0.717) is 32.2 Å². The SMILES string of the molecule is CC1(C)[C@@H](O[C@@H]2O[C@H](C(=O)O)[C@@H](O)[C@H](O)[C@H]2O[C@@H]2O[C@H](C(=O)O)[C@@H](O)[C@H](O)[C@H]2O)CC[C@]2(C)[C@H]3C(=O)C=C4[C@@H]5C[C@@](C)(CN[C@@H](CCC(=O)O)C(=O)O)CC[C@]5(C)CC[C@@]4(C)[C@]3(C)CC[C@@H]12. The molecule has 372 valence electrons. The van der Waals surface area contributed by atoms with Gasteiger partial charge in [0.2, 0.25) is 0 Å². The normalized spacial score (nSPS) is 48.1. The van der Waals surface area contributed by atoms with Crippen molar-refractivity contribution >= 4 is 29.7 Å². The Labute approximate surface area is 384 Å². The van der Waals surface area contributed by atoms with Crippen molar-refractivity contribution < 1.29 is 88.9 Å². The maximum Gasteiger partial charge on any atom is 0.335 e. The number of aliphatic carboxylic acids is 4. The van der Waals surface area contributed by atoms with E-state index in [1.165, 1.54) is 5.57 Å². The molecule has 0 bridgehead atoms. The first-order chi connectivity index (χ1) is 30.5. The molecule has 0 aromatic heterocycles. The molecule has 19 nitrogen and oxygen atoms in total. The summed E-state index contributed by atoms with van der Waals surface area (Å²) in [5.41, 5.74) is -1.21. The summed E-state index contributed by atoms with van der Waals surface area (Å²) in [6.45, 7) is 15.7. The highest BCUT2D eigenvalue weighted by Gasteiger charge is 2.70. The van der Waals surface area contributed by atoms with Gasteiger partial charge in [0.25, 0.3) is 0 Å². The lowest BCUT2D eigenvalue weighted by Gasteiger charge is -2.70. The average Bonchev–Trinajstić information content (AvgIpc) is 3.22. The Bertz CT molecular complexity index is 1960. The number of carbonyl (C=O) groups excluding carboxylic acids is 1. The molecular formula is C47H71NO18. The second-order valence-corrected chi connectivity index (χ2v) is 22.8. The van der Waals surface area contributed by atoms with Crippen molar-refractivity contribution in [2.75, 3.05) is 6.54 Å². The lowest BCUT2D eigenvalue weighted by atomic mass is 9.33. The predicted octanol–water partition coefficient (Wildman–Crippen LogP) is 2.07. The smallest absolute Gasteiger partial charge is 0.335 e. The third kappa shape index (κ3) is 8.33. The summed E-state index contributed by atoms with van der Waals surface area (Å²) >= 11 is 0. The highest BCUT2D eigenvalue weighted by molar-refractivity contribution is 5.95. The molecule has 0 radical (unpaired) electrons. The van der Waals surface area contributed by atoms with Crippen LogP contribution >= 0.6 is 0 Å². The minimum absolute atomic E-state index is 0.0276. The van der Waals surface area contributed by atoms with Crippen molar-refractivity contribution in [1.82, 2.24) is 5.32 Å². The maximum atomic E-state index is 15.1. The Hall–Kier alpha value is -3.11. The minimum Gasteiger partial charge on any atom is -0.481 e. The summed E-state index contributed by atoms with van der Waals surface area (Å²) < 4.78 is 23.5. The van der Waals surface area contributed by atoms with Crippen LogP contribution in [0.25, 0.3) is 0 Å². The number of hydrogen-bond acceptors (Lipinski definition) is 15. The number of fused-ring (bicyclic) bond motifs is 7. The van der Waals surface area contributed by atoms with Crippen molar-refractivity contribution in [2.45, 2.75) is 193 Å². The summed E-state index contributed by atoms with van der Waals surface area (Å²) in [6, 6.07) is -0.991. The van der Waals surface area contributed by atoms with Gasteiger partial charge in [-0.2, -0.15) is 0 Å². The number of ether oxygens (including phenoxy) is 4. The lowest BCUT2D eigenvalue weighted by Crippen LogP contribution is -2.68. The quantitative estimate of drug-likeness (QED) is 0.118. The van der Waals surface area contributed by atoms with Gasteiger partial charge in [-0.05, 0) is 115 Å². The van der Waals surface area contributed by atoms with Crippen LogP contribution in [0.2, 0.25) is 0 Å². The highest BCUT2D eigenvalue weighted by Crippen LogP contribution is 2.75. The summed E-state index contributed by atoms with van der Waals surface area (Å²) in [6.07, 6.45) is -12.1. The molecule has 2 saturated heterocycles. The van der Waals surface area contributed by atoms with E-state index in [1.807, 2.05) is 19.9 Å². The molecule has 0 spiro atoms. The molecule has 7 rings (SSSR count). The Morgan fingerprint density at radius 1 is 0.742 bits per heavy atom. The highest BCUT2D eigenvalue weighted by atomic mass is 16.8. The molecule has 20 atom stereocenters. The van der Waals surface area contributed by atoms with Crippen LogP contribution < -0.4 is 5.32 Å². The van der Waals surface area contributed by atoms with E-state index < -0.39 is 114 Å². The van der Waals surface area contributed by atoms with Gasteiger partial charge >= 0.3 is 23.9 Å². The van der Waals surface area contributed by atoms with E-state index in [-0.39, 0.29) is 52.6 Å². The average molecular weight is 938 g/mol. The summed E-state index contributed by atoms with van der Waals surface area (Å²) in [4.78, 5) is 62.5. The van der Waals surface area contributed by atoms with Gasteiger partial charge in [0.1, 0.15) is 42.7 Å². The Balaban J connectivity index is 1.14. The monoisotopic (exact) mass is 937 g/mol. The number of aliphatic hydroxyl groups excluding tert-OH is 5. The van der Waals surface area contributed by atoms with Crippen LogP contribution in [0.4, 0.5) is 0 Å². The van der Waals surface area contributed by atoms with Crippen molar-refractivity contribution in [3.63, 3.8) is 0 Å². The topological polar surface area (TPSA) is 316 Å². The van der Waals surface area contributed by atoms with Crippen molar-refractivity contribution in [3.8, 4) is 0 Å². The summed E-state index contributed by atoms with van der Waals surface area (Å²) in [5.74, 6) is -5.76. The predicted molar refractivity (Wildman–Crippen MR) is 228 cm³/mol. The van der Waals surface area contributed by atoms with Crippen LogP contribution in [-0.4, -0.2) is 156 Å². The fraction of sp³-hybridized carbons (Fsp3) is 0.851. The second-order valence-electron chi connectivity index (χ2n) is 22.8. The zero-order valence-electron chi connectivity index (χ0n) is 38.9. The summed E-state index contributed by atoms with van der Waals surface area (Å²) in [7, 11) is 0. The van der Waals surface area contributed by atoms with Gasteiger partial charge in [0.05, 0.1) is 6.10 Å². The van der Waals surface area contributed by atoms with Gasteiger partial charge in [-0.15, -0.1) is 0 Å². The number of carboxylic acids is 4. The van der Waals surface area contributed by atoms with Crippen LogP contribution in [0.1, 0.15) is 119 Å². The molecule has 2 aliphatic heterocycles. The van der Waals surface area contributed by atoms with E-state index in [0.717, 1.165) is 32.1 Å². The number of hydrogen-bond donors (Lipinski definition) is 10. The molecule has 0 unspecified atom stereocenters. The van der Waals surface area contributed by atoms with Gasteiger partial charge in [-0.3, -0.25) is 14.4 Å². The minimum atomic E-state index is -2.06. The fourth-order valence-corrected chi connectivity index (χ4v) is 14.4. The Morgan fingerprint density at radius 2 is 1.35 bits per heavy atom. The van der Waals surface area contributed by atoms with Gasteiger partial charge in [-0.25, -0.2) is 9.59 Å². The molecule has 0 aromatic carbocycles. The Kier molecular flexibility index (Phi) is 13.6. The maximum absolute atomic E-state index is 15.1. The molecule has 6 fully saturated rings. The van der Waals surface area contributed by atoms with Crippen LogP contribution in [0, 0.1) is 50.2 Å². The van der Waals surface area contributed by atoms with Gasteiger partial charge in [-0.1, -0.05) is 54.0 Å². The molecule has 5 aliphatic carbocycles. The summed E-state index contributed by atoms with van der Waals surface area (Å²) in [5, 5.41) is 95.4. The van der Waals surface area contributed by atoms with E-state index in [4.69, 9.17) is 18.9 Å². The van der Waals surface area contributed by atoms with Gasteiger partial charge in [0, 0.05) is 18.9 Å².